The van der Waals surface area contributed by atoms with Gasteiger partial charge in [0.25, 0.3) is 0 Å². The van der Waals surface area contributed by atoms with Crippen LogP contribution in [0.4, 0.5) is 5.69 Å². The van der Waals surface area contributed by atoms with Gasteiger partial charge in [0.2, 0.25) is 0 Å². The topological polar surface area (TPSA) is 96.2 Å². The van der Waals surface area contributed by atoms with Gasteiger partial charge in [-0.3, -0.25) is 19.6 Å². The lowest BCUT2D eigenvalue weighted by molar-refractivity contribution is -0.386. The number of aromatic nitrogens is 2. The quantitative estimate of drug-likeness (QED) is 0.564. The predicted molar refractivity (Wildman–Crippen MR) is 48.2 cm³/mol. The molecule has 0 saturated carbocycles. The summed E-state index contributed by atoms with van der Waals surface area (Å²) in [6.45, 7) is 3.27. The minimum Gasteiger partial charge on any atom is -0.292 e. The van der Waals surface area contributed by atoms with E-state index in [4.69, 9.17) is 5.90 Å². The molecule has 0 radical (unpaired) electrons. The van der Waals surface area contributed by atoms with Gasteiger partial charge in [-0.15, -0.1) is 0 Å². The molecular weight excluding hydrogens is 188 g/mol. The Balaban J connectivity index is 3.31. The summed E-state index contributed by atoms with van der Waals surface area (Å²) in [5, 5.41) is 14.4. The number of nitro groups is 1. The molecule has 2 N–H and O–H groups in total. The van der Waals surface area contributed by atoms with E-state index in [9.17, 15) is 10.1 Å². The summed E-state index contributed by atoms with van der Waals surface area (Å²) in [5.41, 5.74) is -0.693. The van der Waals surface area contributed by atoms with Gasteiger partial charge in [0.1, 0.15) is 17.5 Å². The number of aryl methyl sites for hydroxylation is 1. The second-order valence-corrected chi connectivity index (χ2v) is 3.39. The Labute approximate surface area is 80.6 Å². The number of hydrogen-bond acceptors (Lipinski definition) is 5. The highest BCUT2D eigenvalue weighted by molar-refractivity contribution is 5.36. The van der Waals surface area contributed by atoms with Crippen molar-refractivity contribution >= 4 is 5.69 Å². The minimum atomic E-state index is -0.937. The van der Waals surface area contributed by atoms with E-state index in [1.165, 1.54) is 10.9 Å². The molecule has 1 heterocycles. The molecule has 0 fully saturated rings. The van der Waals surface area contributed by atoms with Crippen LogP contribution in [0.2, 0.25) is 0 Å². The van der Waals surface area contributed by atoms with Crippen LogP contribution in [0.15, 0.2) is 6.20 Å². The van der Waals surface area contributed by atoms with Crippen molar-refractivity contribution in [2.24, 2.45) is 12.9 Å². The summed E-state index contributed by atoms with van der Waals surface area (Å²) < 4.78 is 1.38. The Kier molecular flexibility index (Phi) is 2.54. The maximum Gasteiger partial charge on any atom is 0.313 e. The summed E-state index contributed by atoms with van der Waals surface area (Å²) in [4.78, 5) is 14.8. The van der Waals surface area contributed by atoms with E-state index in [0.717, 1.165) is 0 Å². The number of hydrogen-bond donors (Lipinski definition) is 1. The van der Waals surface area contributed by atoms with Crippen molar-refractivity contribution in [3.8, 4) is 0 Å². The van der Waals surface area contributed by atoms with Crippen molar-refractivity contribution in [3.63, 3.8) is 0 Å². The molecule has 0 aliphatic heterocycles. The van der Waals surface area contributed by atoms with Crippen molar-refractivity contribution in [2.45, 2.75) is 19.4 Å². The lowest BCUT2D eigenvalue weighted by atomic mass is 10.0. The summed E-state index contributed by atoms with van der Waals surface area (Å²) in [7, 11) is 1.60. The second-order valence-electron chi connectivity index (χ2n) is 3.39. The largest absolute Gasteiger partial charge is 0.313 e. The first kappa shape index (κ1) is 10.6. The lowest BCUT2D eigenvalue weighted by Gasteiger charge is -2.20. The van der Waals surface area contributed by atoms with Gasteiger partial charge in [0.05, 0.1) is 4.92 Å². The normalized spacial score (nSPS) is 11.7. The van der Waals surface area contributed by atoms with Crippen molar-refractivity contribution in [2.75, 3.05) is 0 Å². The lowest BCUT2D eigenvalue weighted by Crippen LogP contribution is -2.28. The third-order valence-corrected chi connectivity index (χ3v) is 1.98. The number of rotatable bonds is 3. The molecule has 0 saturated heterocycles. The highest BCUT2D eigenvalue weighted by Gasteiger charge is 2.33. The van der Waals surface area contributed by atoms with Crippen molar-refractivity contribution in [1.29, 1.82) is 0 Å². The van der Waals surface area contributed by atoms with Crippen LogP contribution in [0.3, 0.4) is 0 Å². The molecule has 14 heavy (non-hydrogen) atoms. The molecule has 0 unspecified atom stereocenters. The molecule has 0 amide bonds. The third kappa shape index (κ3) is 1.59. The Bertz CT molecular complexity index is 358. The van der Waals surface area contributed by atoms with Crippen LogP contribution in [0, 0.1) is 10.1 Å². The maximum atomic E-state index is 10.7. The molecule has 1 aromatic rings. The molecule has 0 spiro atoms. The van der Waals surface area contributed by atoms with Crippen molar-refractivity contribution in [3.05, 3.63) is 22.0 Å². The Morgan fingerprint density at radius 1 is 1.71 bits per heavy atom. The monoisotopic (exact) mass is 200 g/mol. The highest BCUT2D eigenvalue weighted by atomic mass is 16.6. The van der Waals surface area contributed by atoms with Crippen LogP contribution in [0.5, 0.6) is 0 Å². The molecule has 0 aliphatic rings. The van der Waals surface area contributed by atoms with Crippen LogP contribution >= 0.6 is 0 Å². The number of nitrogens with two attached hydrogens (primary N) is 1. The van der Waals surface area contributed by atoms with Crippen LogP contribution < -0.4 is 5.90 Å². The summed E-state index contributed by atoms with van der Waals surface area (Å²) in [6, 6.07) is 0. The average Bonchev–Trinajstić information content (AvgIpc) is 2.47. The first-order valence-electron chi connectivity index (χ1n) is 3.95. The summed E-state index contributed by atoms with van der Waals surface area (Å²) in [5.74, 6) is 5.07. The molecule has 7 heteroatoms. The Morgan fingerprint density at radius 3 is 2.71 bits per heavy atom. The van der Waals surface area contributed by atoms with E-state index in [2.05, 4.69) is 9.94 Å². The maximum absolute atomic E-state index is 10.7. The fourth-order valence-corrected chi connectivity index (χ4v) is 1.31. The fraction of sp³-hybridized carbons (Fsp3) is 0.571. The molecule has 78 valence electrons. The minimum absolute atomic E-state index is 0.0945. The van der Waals surface area contributed by atoms with Gasteiger partial charge in [-0.1, -0.05) is 0 Å². The van der Waals surface area contributed by atoms with E-state index >= 15 is 0 Å². The van der Waals surface area contributed by atoms with Gasteiger partial charge in [0, 0.05) is 7.05 Å². The SMILES string of the molecule is Cn1ncc([N+](=O)[O-])c1C(C)(C)ON. The van der Waals surface area contributed by atoms with Gasteiger partial charge in [-0.25, -0.2) is 5.90 Å². The second kappa shape index (κ2) is 3.35. The molecule has 1 aromatic heterocycles. The Morgan fingerprint density at radius 2 is 2.29 bits per heavy atom. The molecular formula is C7H12N4O3. The van der Waals surface area contributed by atoms with Gasteiger partial charge in [-0.2, -0.15) is 5.10 Å². The molecule has 7 nitrogen and oxygen atoms in total. The first-order chi connectivity index (χ1) is 6.40. The molecule has 0 atom stereocenters. The van der Waals surface area contributed by atoms with E-state index in [1.54, 1.807) is 20.9 Å². The number of nitrogens with zero attached hydrogens (tertiary/aromatic N) is 3. The molecule has 0 bridgehead atoms. The highest BCUT2D eigenvalue weighted by Crippen LogP contribution is 2.30. The van der Waals surface area contributed by atoms with E-state index in [-0.39, 0.29) is 5.69 Å². The zero-order valence-electron chi connectivity index (χ0n) is 8.22. The van der Waals surface area contributed by atoms with Crippen molar-refractivity contribution in [1.82, 2.24) is 9.78 Å². The van der Waals surface area contributed by atoms with Crippen LogP contribution in [0.25, 0.3) is 0 Å². The molecule has 0 aromatic carbocycles. The standard InChI is InChI=1S/C7H12N4O3/c1-7(2,14-8)6-5(11(12)13)4-9-10(6)3/h4H,8H2,1-3H3. The van der Waals surface area contributed by atoms with Gasteiger partial charge in [-0.05, 0) is 13.8 Å². The molecule has 1 rings (SSSR count). The van der Waals surface area contributed by atoms with Crippen LogP contribution in [0.1, 0.15) is 19.5 Å². The fourth-order valence-electron chi connectivity index (χ4n) is 1.31. The first-order valence-corrected chi connectivity index (χ1v) is 3.95. The summed E-state index contributed by atoms with van der Waals surface area (Å²) in [6.07, 6.45) is 1.18. The smallest absolute Gasteiger partial charge is 0.292 e. The van der Waals surface area contributed by atoms with E-state index in [0.29, 0.717) is 5.69 Å². The van der Waals surface area contributed by atoms with Gasteiger partial charge < -0.3 is 0 Å². The third-order valence-electron chi connectivity index (χ3n) is 1.98. The van der Waals surface area contributed by atoms with Gasteiger partial charge >= 0.3 is 5.69 Å². The zero-order chi connectivity index (χ0) is 10.9. The van der Waals surface area contributed by atoms with Crippen molar-refractivity contribution < 1.29 is 9.76 Å². The molecule has 0 aliphatic carbocycles. The van der Waals surface area contributed by atoms with Crippen LogP contribution in [-0.2, 0) is 17.5 Å². The zero-order valence-corrected chi connectivity index (χ0v) is 8.22. The van der Waals surface area contributed by atoms with Gasteiger partial charge in [0.15, 0.2) is 0 Å². The summed E-state index contributed by atoms with van der Waals surface area (Å²) >= 11 is 0. The van der Waals surface area contributed by atoms with E-state index in [1.807, 2.05) is 0 Å². The Hall–Kier alpha value is -1.47. The van der Waals surface area contributed by atoms with E-state index < -0.39 is 10.5 Å². The predicted octanol–water partition coefficient (Wildman–Crippen LogP) is 0.454. The van der Waals surface area contributed by atoms with Crippen LogP contribution in [-0.4, -0.2) is 14.7 Å². The average molecular weight is 200 g/mol.